The van der Waals surface area contributed by atoms with E-state index in [-0.39, 0.29) is 11.9 Å². The van der Waals surface area contributed by atoms with E-state index in [4.69, 9.17) is 21.1 Å². The van der Waals surface area contributed by atoms with Crippen LogP contribution in [0.15, 0.2) is 58.3 Å². The summed E-state index contributed by atoms with van der Waals surface area (Å²) in [5, 5.41) is 0.596. The molecule has 0 N–H and O–H groups in total. The number of hydrogen-bond acceptors (Lipinski definition) is 5. The summed E-state index contributed by atoms with van der Waals surface area (Å²) in [4.78, 5) is 28.5. The van der Waals surface area contributed by atoms with Gasteiger partial charge in [-0.25, -0.2) is 4.79 Å². The van der Waals surface area contributed by atoms with Crippen molar-refractivity contribution in [3.05, 3.63) is 59.1 Å². The molecule has 1 amide bonds. The first-order valence-corrected chi connectivity index (χ1v) is 12.1. The third kappa shape index (κ3) is 6.30. The first-order chi connectivity index (χ1) is 15.5. The lowest BCUT2D eigenvalue weighted by atomic mass is 10.0. The lowest BCUT2D eigenvalue weighted by Crippen LogP contribution is -2.48. The molecule has 1 fully saturated rings. The van der Waals surface area contributed by atoms with Crippen LogP contribution in [-0.2, 0) is 14.3 Å². The summed E-state index contributed by atoms with van der Waals surface area (Å²) in [7, 11) is 0. The third-order valence-electron chi connectivity index (χ3n) is 5.09. The molecule has 2 aromatic rings. The van der Waals surface area contributed by atoms with Gasteiger partial charge in [-0.2, -0.15) is 0 Å². The van der Waals surface area contributed by atoms with Gasteiger partial charge in [0.2, 0.25) is 5.91 Å². The van der Waals surface area contributed by atoms with E-state index in [1.165, 1.54) is 17.8 Å². The quantitative estimate of drug-likeness (QED) is 0.355. The molecule has 0 spiro atoms. The van der Waals surface area contributed by atoms with E-state index in [0.717, 1.165) is 33.9 Å². The Morgan fingerprint density at radius 1 is 1.12 bits per heavy atom. The van der Waals surface area contributed by atoms with Crippen LogP contribution in [0.1, 0.15) is 38.7 Å². The van der Waals surface area contributed by atoms with Crippen molar-refractivity contribution >= 4 is 41.3 Å². The molecular weight excluding hydrogens is 446 g/mol. The molecule has 3 rings (SSSR count). The Kier molecular flexibility index (Phi) is 9.06. The normalized spacial score (nSPS) is 16.2. The number of halogens is 1. The minimum Gasteiger partial charge on any atom is -0.493 e. The zero-order chi connectivity index (χ0) is 22.9. The fraction of sp³-hybridized carbons (Fsp3) is 0.360. The summed E-state index contributed by atoms with van der Waals surface area (Å²) >= 11 is 8.06. The van der Waals surface area contributed by atoms with Gasteiger partial charge in [0.05, 0.1) is 23.1 Å². The fourth-order valence-electron chi connectivity index (χ4n) is 3.57. The number of carbonyl (C=O) groups is 2. The lowest BCUT2D eigenvalue weighted by molar-refractivity contribution is -0.155. The summed E-state index contributed by atoms with van der Waals surface area (Å²) in [5.74, 6) is 0.303. The van der Waals surface area contributed by atoms with Gasteiger partial charge >= 0.3 is 5.97 Å². The minimum absolute atomic E-state index is 0.192. The number of rotatable bonds is 8. The van der Waals surface area contributed by atoms with Gasteiger partial charge in [-0.05, 0) is 69.0 Å². The molecule has 1 saturated heterocycles. The predicted octanol–water partition coefficient (Wildman–Crippen LogP) is 5.85. The molecule has 0 aliphatic carbocycles. The highest BCUT2D eigenvalue weighted by molar-refractivity contribution is 7.99. The third-order valence-corrected chi connectivity index (χ3v) is 6.65. The van der Waals surface area contributed by atoms with Gasteiger partial charge in [0, 0.05) is 17.5 Å². The summed E-state index contributed by atoms with van der Waals surface area (Å²) in [6, 6.07) is 13.0. The number of carbonyl (C=O) groups excluding carboxylic acids is 2. The minimum atomic E-state index is -0.506. The summed E-state index contributed by atoms with van der Waals surface area (Å²) < 4.78 is 10.8. The van der Waals surface area contributed by atoms with E-state index in [2.05, 4.69) is 0 Å². The van der Waals surface area contributed by atoms with E-state index in [9.17, 15) is 9.59 Å². The summed E-state index contributed by atoms with van der Waals surface area (Å²) in [6.07, 6.45) is 5.67. The number of para-hydroxylation sites is 1. The number of benzene rings is 2. The first-order valence-electron chi connectivity index (χ1n) is 10.9. The molecule has 1 heterocycles. The Hall–Kier alpha value is -2.44. The molecule has 7 heteroatoms. The number of piperidine rings is 1. The van der Waals surface area contributed by atoms with Gasteiger partial charge in [-0.3, -0.25) is 4.79 Å². The van der Waals surface area contributed by atoms with E-state index < -0.39 is 6.04 Å². The molecular formula is C25H28ClNO4S. The first kappa shape index (κ1) is 24.2. The maximum Gasteiger partial charge on any atom is 0.328 e. The Morgan fingerprint density at radius 2 is 1.94 bits per heavy atom. The van der Waals surface area contributed by atoms with Gasteiger partial charge in [0.15, 0.2) is 0 Å². The second-order valence-electron chi connectivity index (χ2n) is 7.30. The average Bonchev–Trinajstić information content (AvgIpc) is 2.80. The van der Waals surface area contributed by atoms with Gasteiger partial charge in [-0.1, -0.05) is 41.6 Å². The van der Waals surface area contributed by atoms with Crippen molar-refractivity contribution in [3.63, 3.8) is 0 Å². The van der Waals surface area contributed by atoms with Gasteiger partial charge in [0.25, 0.3) is 0 Å². The molecule has 32 heavy (non-hydrogen) atoms. The maximum atomic E-state index is 12.8. The van der Waals surface area contributed by atoms with Crippen molar-refractivity contribution in [2.45, 2.75) is 48.9 Å². The smallest absolute Gasteiger partial charge is 0.328 e. The Balaban J connectivity index is 1.69. The SMILES string of the molecule is CCOC(=O)C1CCCCN1C(=O)/C=C/c1ccc(Sc2ccccc2OCC)c(Cl)c1. The Bertz CT molecular complexity index is 978. The average molecular weight is 474 g/mol. The molecule has 0 aromatic heterocycles. The lowest BCUT2D eigenvalue weighted by Gasteiger charge is -2.33. The van der Waals surface area contributed by atoms with Gasteiger partial charge in [0.1, 0.15) is 11.8 Å². The number of amides is 1. The highest BCUT2D eigenvalue weighted by atomic mass is 35.5. The second kappa shape index (κ2) is 12.0. The van der Waals surface area contributed by atoms with Crippen LogP contribution < -0.4 is 4.74 Å². The molecule has 2 aromatic carbocycles. The van der Waals surface area contributed by atoms with Crippen LogP contribution in [0.5, 0.6) is 5.75 Å². The number of esters is 1. The van der Waals surface area contributed by atoms with Crippen molar-refractivity contribution < 1.29 is 19.1 Å². The molecule has 170 valence electrons. The fourth-order valence-corrected chi connectivity index (χ4v) is 4.78. The maximum absolute atomic E-state index is 12.8. The highest BCUT2D eigenvalue weighted by Crippen LogP contribution is 2.38. The number of ether oxygens (including phenoxy) is 2. The van der Waals surface area contributed by atoms with Crippen molar-refractivity contribution in [1.29, 1.82) is 0 Å². The second-order valence-corrected chi connectivity index (χ2v) is 8.79. The summed E-state index contributed by atoms with van der Waals surface area (Å²) in [6.45, 7) is 5.19. The number of likely N-dealkylation sites (tertiary alicyclic amines) is 1. The zero-order valence-electron chi connectivity index (χ0n) is 18.4. The van der Waals surface area contributed by atoms with E-state index in [1.54, 1.807) is 17.9 Å². The topological polar surface area (TPSA) is 55.8 Å². The van der Waals surface area contributed by atoms with Crippen LogP contribution in [0.3, 0.4) is 0 Å². The van der Waals surface area contributed by atoms with Crippen molar-refractivity contribution in [2.75, 3.05) is 19.8 Å². The van der Waals surface area contributed by atoms with Crippen molar-refractivity contribution in [2.24, 2.45) is 0 Å². The Labute approximate surface area is 198 Å². The van der Waals surface area contributed by atoms with Crippen LogP contribution >= 0.6 is 23.4 Å². The standard InChI is InChI=1S/C25H28ClNO4S/c1-3-30-21-10-5-6-11-23(21)32-22-14-12-18(17-19(22)26)13-15-24(28)27-16-8-7-9-20(27)25(29)31-4-2/h5-6,10-15,17,20H,3-4,7-9,16H2,1-2H3/b15-13+. The number of nitrogens with zero attached hydrogens (tertiary/aromatic N) is 1. The molecule has 0 radical (unpaired) electrons. The van der Waals surface area contributed by atoms with Crippen LogP contribution in [-0.4, -0.2) is 42.6 Å². The van der Waals surface area contributed by atoms with Crippen LogP contribution in [0.4, 0.5) is 0 Å². The monoisotopic (exact) mass is 473 g/mol. The zero-order valence-corrected chi connectivity index (χ0v) is 20.0. The van der Waals surface area contributed by atoms with Gasteiger partial charge < -0.3 is 14.4 Å². The molecule has 0 bridgehead atoms. The number of hydrogen-bond donors (Lipinski definition) is 0. The molecule has 1 aliphatic rings. The van der Waals surface area contributed by atoms with E-state index >= 15 is 0 Å². The molecule has 1 aliphatic heterocycles. The molecule has 0 saturated carbocycles. The predicted molar refractivity (Wildman–Crippen MR) is 128 cm³/mol. The van der Waals surface area contributed by atoms with Crippen LogP contribution in [0, 0.1) is 0 Å². The largest absolute Gasteiger partial charge is 0.493 e. The van der Waals surface area contributed by atoms with Crippen molar-refractivity contribution in [3.8, 4) is 5.75 Å². The van der Waals surface area contributed by atoms with E-state index in [0.29, 0.717) is 31.2 Å². The van der Waals surface area contributed by atoms with Crippen LogP contribution in [0.25, 0.3) is 6.08 Å². The molecule has 1 atom stereocenters. The Morgan fingerprint density at radius 3 is 2.69 bits per heavy atom. The van der Waals surface area contributed by atoms with Crippen molar-refractivity contribution in [1.82, 2.24) is 4.90 Å². The summed E-state index contributed by atoms with van der Waals surface area (Å²) in [5.41, 5.74) is 0.815. The molecule has 1 unspecified atom stereocenters. The molecule has 5 nitrogen and oxygen atoms in total. The highest BCUT2D eigenvalue weighted by Gasteiger charge is 2.32. The van der Waals surface area contributed by atoms with Gasteiger partial charge in [-0.15, -0.1) is 0 Å². The van der Waals surface area contributed by atoms with Crippen LogP contribution in [0.2, 0.25) is 5.02 Å². The van der Waals surface area contributed by atoms with E-state index in [1.807, 2.05) is 49.4 Å².